The Labute approximate surface area is 118 Å². The average molecular weight is 270 g/mol. The Morgan fingerprint density at radius 3 is 2.60 bits per heavy atom. The molecule has 0 N–H and O–H groups in total. The molecule has 0 saturated heterocycles. The quantitative estimate of drug-likeness (QED) is 0.848. The molecule has 5 nitrogen and oxygen atoms in total. The number of amides is 1. The summed E-state index contributed by atoms with van der Waals surface area (Å²) in [5.41, 5.74) is 2.41. The summed E-state index contributed by atoms with van der Waals surface area (Å²) >= 11 is 0. The minimum absolute atomic E-state index is 0.0706. The van der Waals surface area contributed by atoms with Crippen LogP contribution in [0.25, 0.3) is 0 Å². The molecule has 1 aliphatic carbocycles. The monoisotopic (exact) mass is 270 g/mol. The topological polar surface area (TPSA) is 58.5 Å². The van der Waals surface area contributed by atoms with Gasteiger partial charge in [-0.25, -0.2) is 9.97 Å². The molecule has 0 aromatic carbocycles. The predicted octanol–water partition coefficient (Wildman–Crippen LogP) is 2.52. The fraction of sp³-hybridized carbons (Fsp3) is 0.467. The van der Waals surface area contributed by atoms with Crippen LogP contribution < -0.4 is 0 Å². The molecule has 3 rings (SSSR count). The molecule has 1 aromatic heterocycles. The summed E-state index contributed by atoms with van der Waals surface area (Å²) in [6.07, 6.45) is 9.22. The minimum atomic E-state index is -0.0706. The number of nitrogens with zero attached hydrogens (tertiary/aromatic N) is 4. The zero-order valence-electron chi connectivity index (χ0n) is 11.8. The molecule has 0 unspecified atom stereocenters. The summed E-state index contributed by atoms with van der Waals surface area (Å²) in [6.45, 7) is 1.93. The molecule has 1 aromatic rings. The van der Waals surface area contributed by atoms with Gasteiger partial charge in [0.05, 0.1) is 11.3 Å². The van der Waals surface area contributed by atoms with Crippen LogP contribution in [0.4, 0.5) is 0 Å². The van der Waals surface area contributed by atoms with Crippen LogP contribution in [0.1, 0.15) is 54.7 Å². The first-order valence-electron chi connectivity index (χ1n) is 6.99. The first-order valence-corrected chi connectivity index (χ1v) is 6.99. The van der Waals surface area contributed by atoms with E-state index in [9.17, 15) is 4.79 Å². The van der Waals surface area contributed by atoms with Crippen LogP contribution >= 0.6 is 0 Å². The van der Waals surface area contributed by atoms with Gasteiger partial charge in [0, 0.05) is 37.3 Å². The van der Waals surface area contributed by atoms with Crippen molar-refractivity contribution in [1.29, 1.82) is 0 Å². The normalized spacial score (nSPS) is 18.3. The van der Waals surface area contributed by atoms with E-state index >= 15 is 0 Å². The summed E-state index contributed by atoms with van der Waals surface area (Å²) in [4.78, 5) is 27.0. The number of carbonyl (C=O) groups is 1. The third-order valence-electron chi connectivity index (χ3n) is 3.78. The van der Waals surface area contributed by atoms with Gasteiger partial charge in [-0.05, 0) is 32.6 Å². The van der Waals surface area contributed by atoms with Gasteiger partial charge in [0.15, 0.2) is 0 Å². The summed E-state index contributed by atoms with van der Waals surface area (Å²) in [5.74, 6) is 1.30. The molecule has 1 amide bonds. The van der Waals surface area contributed by atoms with E-state index in [1.807, 2.05) is 13.1 Å². The van der Waals surface area contributed by atoms with Crippen molar-refractivity contribution < 1.29 is 4.79 Å². The molecule has 5 heteroatoms. The van der Waals surface area contributed by atoms with Gasteiger partial charge in [-0.2, -0.15) is 0 Å². The second-order valence-corrected chi connectivity index (χ2v) is 5.35. The van der Waals surface area contributed by atoms with Crippen molar-refractivity contribution in [1.82, 2.24) is 14.9 Å². The van der Waals surface area contributed by atoms with Gasteiger partial charge >= 0.3 is 0 Å². The number of rotatable bonds is 3. The maximum absolute atomic E-state index is 12.4. The molecule has 1 aliphatic heterocycles. The number of hydrogen-bond donors (Lipinski definition) is 0. The van der Waals surface area contributed by atoms with Crippen molar-refractivity contribution in [2.75, 3.05) is 7.05 Å². The largest absolute Gasteiger partial charge is 0.313 e. The van der Waals surface area contributed by atoms with Crippen LogP contribution in [0.2, 0.25) is 0 Å². The third kappa shape index (κ3) is 2.48. The minimum Gasteiger partial charge on any atom is -0.313 e. The zero-order chi connectivity index (χ0) is 14.1. The second-order valence-electron chi connectivity index (χ2n) is 5.35. The lowest BCUT2D eigenvalue weighted by molar-refractivity contribution is 0.0829. The van der Waals surface area contributed by atoms with Gasteiger partial charge in [0.1, 0.15) is 5.82 Å². The first kappa shape index (κ1) is 13.0. The zero-order valence-corrected chi connectivity index (χ0v) is 11.8. The molecule has 104 valence electrons. The summed E-state index contributed by atoms with van der Waals surface area (Å²) in [5, 5.41) is 0. The van der Waals surface area contributed by atoms with Crippen LogP contribution in [0.3, 0.4) is 0 Å². The van der Waals surface area contributed by atoms with Crippen molar-refractivity contribution in [2.45, 2.75) is 38.5 Å². The van der Waals surface area contributed by atoms with Crippen LogP contribution in [-0.4, -0.2) is 34.0 Å². The highest BCUT2D eigenvalue weighted by molar-refractivity contribution is 5.94. The van der Waals surface area contributed by atoms with Gasteiger partial charge in [0.2, 0.25) is 0 Å². The Balaban J connectivity index is 1.79. The molecule has 20 heavy (non-hydrogen) atoms. The Kier molecular flexibility index (Phi) is 3.34. The second kappa shape index (κ2) is 5.15. The molecule has 1 saturated carbocycles. The van der Waals surface area contributed by atoms with E-state index in [0.29, 0.717) is 11.5 Å². The molecule has 0 spiro atoms. The van der Waals surface area contributed by atoms with Crippen LogP contribution in [0.15, 0.2) is 28.8 Å². The van der Waals surface area contributed by atoms with Crippen molar-refractivity contribution >= 4 is 12.1 Å². The van der Waals surface area contributed by atoms with Crippen molar-refractivity contribution in [3.8, 4) is 0 Å². The maximum atomic E-state index is 12.4. The fourth-order valence-corrected chi connectivity index (χ4v) is 2.39. The number of hydrogen-bond acceptors (Lipinski definition) is 4. The van der Waals surface area contributed by atoms with E-state index in [-0.39, 0.29) is 5.91 Å². The Morgan fingerprint density at radius 2 is 2.00 bits per heavy atom. The van der Waals surface area contributed by atoms with Gasteiger partial charge in [-0.3, -0.25) is 9.79 Å². The van der Waals surface area contributed by atoms with Gasteiger partial charge in [-0.1, -0.05) is 0 Å². The smallest absolute Gasteiger partial charge is 0.260 e. The molecule has 0 bridgehead atoms. The Bertz CT molecular complexity index is 584. The molecule has 2 aliphatic rings. The number of aliphatic imine (C=N–C) groups is 1. The lowest BCUT2D eigenvalue weighted by Crippen LogP contribution is -2.28. The molecular weight excluding hydrogens is 252 g/mol. The fourth-order valence-electron chi connectivity index (χ4n) is 2.39. The van der Waals surface area contributed by atoms with E-state index < -0.39 is 0 Å². The van der Waals surface area contributed by atoms with E-state index in [0.717, 1.165) is 42.9 Å². The van der Waals surface area contributed by atoms with E-state index in [2.05, 4.69) is 15.0 Å². The van der Waals surface area contributed by atoms with Gasteiger partial charge < -0.3 is 4.90 Å². The Morgan fingerprint density at radius 1 is 1.30 bits per heavy atom. The first-order chi connectivity index (χ1) is 9.66. The Hall–Kier alpha value is -2.04. The van der Waals surface area contributed by atoms with Crippen LogP contribution in [0, 0.1) is 0 Å². The predicted molar refractivity (Wildman–Crippen MR) is 76.5 cm³/mol. The van der Waals surface area contributed by atoms with Crippen molar-refractivity contribution in [2.24, 2.45) is 4.99 Å². The van der Waals surface area contributed by atoms with Gasteiger partial charge in [-0.15, -0.1) is 0 Å². The van der Waals surface area contributed by atoms with E-state index in [1.54, 1.807) is 24.3 Å². The highest BCUT2D eigenvalue weighted by Gasteiger charge is 2.27. The molecule has 2 heterocycles. The molecule has 0 atom stereocenters. The van der Waals surface area contributed by atoms with Gasteiger partial charge in [0.25, 0.3) is 5.91 Å². The standard InChI is InChI=1S/C15H18N4O/c1-10-13(4-3-7-16-10)19(2)15(20)12-8-17-14(18-9-12)11-5-6-11/h7-9,11H,3-6H2,1-2H3. The lowest BCUT2D eigenvalue weighted by Gasteiger charge is -2.23. The maximum Gasteiger partial charge on any atom is 0.260 e. The number of aromatic nitrogens is 2. The highest BCUT2D eigenvalue weighted by Crippen LogP contribution is 2.37. The van der Waals surface area contributed by atoms with Crippen LogP contribution in [-0.2, 0) is 0 Å². The van der Waals surface area contributed by atoms with E-state index in [1.165, 1.54) is 0 Å². The number of allylic oxidation sites excluding steroid dienone is 2. The molecule has 0 radical (unpaired) electrons. The third-order valence-corrected chi connectivity index (χ3v) is 3.78. The van der Waals surface area contributed by atoms with E-state index in [4.69, 9.17) is 0 Å². The van der Waals surface area contributed by atoms with Crippen molar-refractivity contribution in [3.63, 3.8) is 0 Å². The summed E-state index contributed by atoms with van der Waals surface area (Å²) in [6, 6.07) is 0. The molecule has 1 fully saturated rings. The number of carbonyl (C=O) groups excluding carboxylic acids is 1. The summed E-state index contributed by atoms with van der Waals surface area (Å²) in [7, 11) is 1.79. The van der Waals surface area contributed by atoms with Crippen LogP contribution in [0.5, 0.6) is 0 Å². The SMILES string of the molecule is CC1=C(N(C)C(=O)c2cnc(C3CC3)nc2)CCC=N1. The average Bonchev–Trinajstić information content (AvgIpc) is 3.31. The molecular formula is C15H18N4O. The lowest BCUT2D eigenvalue weighted by atomic mass is 10.1. The summed E-state index contributed by atoms with van der Waals surface area (Å²) < 4.78 is 0. The highest BCUT2D eigenvalue weighted by atomic mass is 16.2. The van der Waals surface area contributed by atoms with Crippen molar-refractivity contribution in [3.05, 3.63) is 35.2 Å².